The molecular weight excluding hydrogens is 267 g/mol. The Balaban J connectivity index is 2.16. The van der Waals surface area contributed by atoms with Crippen molar-refractivity contribution in [1.29, 1.82) is 0 Å². The molecule has 0 fully saturated rings. The molecule has 0 radical (unpaired) electrons. The Hall–Kier alpha value is -1.25. The molecule has 0 aliphatic heterocycles. The van der Waals surface area contributed by atoms with E-state index in [1.165, 1.54) is 0 Å². The molecule has 2 aromatic rings. The van der Waals surface area contributed by atoms with Crippen LogP contribution in [0.15, 0.2) is 30.5 Å². The second-order valence-electron chi connectivity index (χ2n) is 4.20. The average molecular weight is 281 g/mol. The van der Waals surface area contributed by atoms with Crippen LogP contribution in [0.3, 0.4) is 0 Å². The van der Waals surface area contributed by atoms with Crippen LogP contribution in [0.1, 0.15) is 16.8 Å². The molecule has 0 saturated heterocycles. The number of halogens is 2. The maximum Gasteiger partial charge on any atom is 0.0641 e. The van der Waals surface area contributed by atoms with Crippen LogP contribution < -0.4 is 5.32 Å². The molecule has 2 rings (SSSR count). The fraction of sp³-hybridized carbons (Fsp3) is 0.214. The topological polar surface area (TPSA) is 24.9 Å². The molecule has 0 bridgehead atoms. The van der Waals surface area contributed by atoms with Crippen molar-refractivity contribution in [3.05, 3.63) is 57.3 Å². The number of nitrogens with zero attached hydrogens (tertiary/aromatic N) is 1. The Bertz CT molecular complexity index is 568. The first-order chi connectivity index (χ1) is 8.58. The number of rotatable bonds is 3. The highest BCUT2D eigenvalue weighted by Crippen LogP contribution is 2.29. The second-order valence-corrected chi connectivity index (χ2v) is 5.02. The predicted molar refractivity (Wildman–Crippen MR) is 77.5 cm³/mol. The summed E-state index contributed by atoms with van der Waals surface area (Å²) in [5, 5.41) is 4.64. The van der Waals surface area contributed by atoms with Crippen LogP contribution in [-0.2, 0) is 6.54 Å². The van der Waals surface area contributed by atoms with Gasteiger partial charge in [-0.2, -0.15) is 0 Å². The summed E-state index contributed by atoms with van der Waals surface area (Å²) in [5.41, 5.74) is 3.96. The number of pyridine rings is 1. The molecular formula is C14H14Cl2N2. The Labute approximate surface area is 117 Å². The summed E-state index contributed by atoms with van der Waals surface area (Å²) in [6.45, 7) is 4.60. The maximum atomic E-state index is 6.17. The molecule has 0 aliphatic rings. The number of nitrogens with one attached hydrogen (secondary N) is 1. The van der Waals surface area contributed by atoms with Crippen LogP contribution in [0.4, 0.5) is 5.69 Å². The second kappa shape index (κ2) is 5.59. The predicted octanol–water partition coefficient (Wildman–Crippen LogP) is 4.62. The average Bonchev–Trinajstić information content (AvgIpc) is 2.34. The van der Waals surface area contributed by atoms with Crippen molar-refractivity contribution in [1.82, 2.24) is 4.98 Å². The van der Waals surface area contributed by atoms with Crippen molar-refractivity contribution >= 4 is 28.9 Å². The molecule has 0 aliphatic carbocycles. The zero-order valence-corrected chi connectivity index (χ0v) is 11.8. The highest BCUT2D eigenvalue weighted by molar-refractivity contribution is 6.35. The van der Waals surface area contributed by atoms with Gasteiger partial charge in [-0.25, -0.2) is 0 Å². The molecule has 0 spiro atoms. The van der Waals surface area contributed by atoms with E-state index in [2.05, 4.69) is 10.3 Å². The van der Waals surface area contributed by atoms with Gasteiger partial charge in [0.2, 0.25) is 0 Å². The lowest BCUT2D eigenvalue weighted by atomic mass is 10.2. The lowest BCUT2D eigenvalue weighted by molar-refractivity contribution is 1.02. The highest BCUT2D eigenvalue weighted by Gasteiger charge is 2.05. The van der Waals surface area contributed by atoms with Gasteiger partial charge in [0.05, 0.1) is 22.9 Å². The van der Waals surface area contributed by atoms with E-state index in [1.54, 1.807) is 6.20 Å². The fourth-order valence-corrected chi connectivity index (χ4v) is 2.11. The van der Waals surface area contributed by atoms with Gasteiger partial charge in [0, 0.05) is 11.2 Å². The zero-order valence-electron chi connectivity index (χ0n) is 10.3. The molecule has 1 heterocycles. The molecule has 0 atom stereocenters. The maximum absolute atomic E-state index is 6.17. The number of anilines is 1. The molecule has 0 saturated carbocycles. The van der Waals surface area contributed by atoms with Gasteiger partial charge in [-0.05, 0) is 43.2 Å². The van der Waals surface area contributed by atoms with E-state index in [0.717, 1.165) is 22.5 Å². The van der Waals surface area contributed by atoms with Crippen LogP contribution in [-0.4, -0.2) is 4.98 Å². The smallest absolute Gasteiger partial charge is 0.0641 e. The van der Waals surface area contributed by atoms with Crippen LogP contribution in [0.5, 0.6) is 0 Å². The number of aryl methyl sites for hydroxylation is 2. The third kappa shape index (κ3) is 2.95. The molecule has 1 aromatic carbocycles. The Morgan fingerprint density at radius 3 is 2.61 bits per heavy atom. The normalized spacial score (nSPS) is 10.4. The van der Waals surface area contributed by atoms with E-state index in [-0.39, 0.29) is 0 Å². The number of benzene rings is 1. The standard InChI is InChI=1S/C14H14Cl2N2/c1-9-4-3-5-17-14(9)8-18-13-7-11(15)10(2)6-12(13)16/h3-7,18H,8H2,1-2H3. The first-order valence-electron chi connectivity index (χ1n) is 5.68. The van der Waals surface area contributed by atoms with Gasteiger partial charge in [0.25, 0.3) is 0 Å². The Kier molecular flexibility index (Phi) is 4.10. The minimum atomic E-state index is 0.631. The molecule has 18 heavy (non-hydrogen) atoms. The van der Waals surface area contributed by atoms with Crippen molar-refractivity contribution in [2.24, 2.45) is 0 Å². The third-order valence-corrected chi connectivity index (χ3v) is 3.53. The molecule has 0 unspecified atom stereocenters. The van der Waals surface area contributed by atoms with Crippen molar-refractivity contribution in [2.75, 3.05) is 5.32 Å². The monoisotopic (exact) mass is 280 g/mol. The lowest BCUT2D eigenvalue weighted by Crippen LogP contribution is -2.04. The van der Waals surface area contributed by atoms with Crippen molar-refractivity contribution in [2.45, 2.75) is 20.4 Å². The number of hydrogen-bond acceptors (Lipinski definition) is 2. The zero-order chi connectivity index (χ0) is 13.1. The van der Waals surface area contributed by atoms with Gasteiger partial charge < -0.3 is 5.32 Å². The first-order valence-corrected chi connectivity index (χ1v) is 6.43. The summed E-state index contributed by atoms with van der Waals surface area (Å²) >= 11 is 12.3. The summed E-state index contributed by atoms with van der Waals surface area (Å²) in [4.78, 5) is 4.32. The Morgan fingerprint density at radius 2 is 1.89 bits per heavy atom. The first kappa shape index (κ1) is 13.2. The molecule has 4 heteroatoms. The minimum Gasteiger partial charge on any atom is -0.378 e. The van der Waals surface area contributed by atoms with Crippen LogP contribution in [0.2, 0.25) is 10.0 Å². The lowest BCUT2D eigenvalue weighted by Gasteiger charge is -2.11. The van der Waals surface area contributed by atoms with Gasteiger partial charge in [-0.15, -0.1) is 0 Å². The third-order valence-electron chi connectivity index (χ3n) is 2.81. The molecule has 0 amide bonds. The van der Waals surface area contributed by atoms with E-state index >= 15 is 0 Å². The summed E-state index contributed by atoms with van der Waals surface area (Å²) in [7, 11) is 0. The van der Waals surface area contributed by atoms with Crippen LogP contribution in [0.25, 0.3) is 0 Å². The number of hydrogen-bond donors (Lipinski definition) is 1. The SMILES string of the molecule is Cc1cc(Cl)c(NCc2ncccc2C)cc1Cl. The molecule has 1 N–H and O–H groups in total. The summed E-state index contributed by atoms with van der Waals surface area (Å²) < 4.78 is 0. The van der Waals surface area contributed by atoms with E-state index in [4.69, 9.17) is 23.2 Å². The van der Waals surface area contributed by atoms with Gasteiger partial charge in [0.1, 0.15) is 0 Å². The van der Waals surface area contributed by atoms with E-state index in [0.29, 0.717) is 16.6 Å². The van der Waals surface area contributed by atoms with Crippen LogP contribution >= 0.6 is 23.2 Å². The summed E-state index contributed by atoms with van der Waals surface area (Å²) in [5.74, 6) is 0. The molecule has 94 valence electrons. The van der Waals surface area contributed by atoms with Crippen LogP contribution in [0, 0.1) is 13.8 Å². The highest BCUT2D eigenvalue weighted by atomic mass is 35.5. The minimum absolute atomic E-state index is 0.631. The van der Waals surface area contributed by atoms with Crippen molar-refractivity contribution in [3.63, 3.8) is 0 Å². The van der Waals surface area contributed by atoms with E-state index in [9.17, 15) is 0 Å². The van der Waals surface area contributed by atoms with E-state index < -0.39 is 0 Å². The molecule has 1 aromatic heterocycles. The largest absolute Gasteiger partial charge is 0.378 e. The summed E-state index contributed by atoms with van der Waals surface area (Å²) in [6, 6.07) is 7.66. The Morgan fingerprint density at radius 1 is 1.11 bits per heavy atom. The van der Waals surface area contributed by atoms with Gasteiger partial charge in [-0.1, -0.05) is 29.3 Å². The quantitative estimate of drug-likeness (QED) is 0.888. The molecule has 2 nitrogen and oxygen atoms in total. The number of aromatic nitrogens is 1. The van der Waals surface area contributed by atoms with E-state index in [1.807, 2.05) is 38.1 Å². The summed E-state index contributed by atoms with van der Waals surface area (Å²) in [6.07, 6.45) is 1.79. The van der Waals surface area contributed by atoms with Gasteiger partial charge >= 0.3 is 0 Å². The van der Waals surface area contributed by atoms with Crippen molar-refractivity contribution in [3.8, 4) is 0 Å². The fourth-order valence-electron chi connectivity index (χ4n) is 1.66. The van der Waals surface area contributed by atoms with Gasteiger partial charge in [-0.3, -0.25) is 4.98 Å². The van der Waals surface area contributed by atoms with Gasteiger partial charge in [0.15, 0.2) is 0 Å². The van der Waals surface area contributed by atoms with Crippen molar-refractivity contribution < 1.29 is 0 Å².